The van der Waals surface area contributed by atoms with Gasteiger partial charge in [-0.3, -0.25) is 9.20 Å². The van der Waals surface area contributed by atoms with Crippen LogP contribution < -0.4 is 10.6 Å². The first-order valence-electron chi connectivity index (χ1n) is 8.32. The van der Waals surface area contributed by atoms with Crippen LogP contribution in [0.5, 0.6) is 0 Å². The molecule has 0 bridgehead atoms. The van der Waals surface area contributed by atoms with Crippen LogP contribution in [-0.4, -0.2) is 34.3 Å². The number of halogens is 2. The normalized spacial score (nSPS) is 22.9. The molecule has 1 fully saturated rings. The summed E-state index contributed by atoms with van der Waals surface area (Å²) in [6.07, 6.45) is 3.99. The second-order valence-corrected chi connectivity index (χ2v) is 8.34. The lowest BCUT2D eigenvalue weighted by atomic mass is 9.95. The van der Waals surface area contributed by atoms with E-state index in [1.165, 1.54) is 6.07 Å². The van der Waals surface area contributed by atoms with Crippen LogP contribution in [-0.2, 0) is 17.3 Å². The van der Waals surface area contributed by atoms with E-state index in [-0.39, 0.29) is 23.7 Å². The summed E-state index contributed by atoms with van der Waals surface area (Å²) >= 11 is 6.04. The van der Waals surface area contributed by atoms with Crippen LogP contribution in [0.1, 0.15) is 38.2 Å². The molecular weight excluding hydrogens is 349 g/mol. The molecule has 0 amide bonds. The van der Waals surface area contributed by atoms with Crippen LogP contribution in [0, 0.1) is 5.82 Å². The van der Waals surface area contributed by atoms with Crippen molar-refractivity contribution in [3.05, 3.63) is 34.6 Å². The monoisotopic (exact) mass is 373 g/mol. The van der Waals surface area contributed by atoms with E-state index >= 15 is 0 Å². The number of hydrogen-bond donors (Lipinski definition) is 2. The molecule has 0 heterocycles. The van der Waals surface area contributed by atoms with Gasteiger partial charge in [-0.1, -0.05) is 31.0 Å². The fourth-order valence-electron chi connectivity index (χ4n) is 3.01. The summed E-state index contributed by atoms with van der Waals surface area (Å²) in [7, 11) is 0.925. The minimum absolute atomic E-state index is 0.238. The van der Waals surface area contributed by atoms with E-state index in [2.05, 4.69) is 15.6 Å². The molecule has 1 aromatic carbocycles. The largest absolute Gasteiger partial charge is 0.354 e. The van der Waals surface area contributed by atoms with Gasteiger partial charge >= 0.3 is 0 Å². The third-order valence-electron chi connectivity index (χ3n) is 4.34. The molecule has 24 heavy (non-hydrogen) atoms. The SMILES string of the molecule is CCS(=O)C1CCCC(NC(=NC)NCc2c(F)cccc2Cl)C1. The summed E-state index contributed by atoms with van der Waals surface area (Å²) in [5, 5.41) is 7.12. The number of nitrogens with zero attached hydrogens (tertiary/aromatic N) is 1. The smallest absolute Gasteiger partial charge is 0.191 e. The second-order valence-electron chi connectivity index (χ2n) is 5.93. The van der Waals surface area contributed by atoms with E-state index in [4.69, 9.17) is 11.6 Å². The van der Waals surface area contributed by atoms with Crippen molar-refractivity contribution in [1.82, 2.24) is 10.6 Å². The van der Waals surface area contributed by atoms with Gasteiger partial charge in [0.15, 0.2) is 5.96 Å². The van der Waals surface area contributed by atoms with Crippen LogP contribution in [0.25, 0.3) is 0 Å². The molecule has 0 spiro atoms. The Kier molecular flexibility index (Phi) is 7.49. The molecule has 1 aliphatic carbocycles. The maximum absolute atomic E-state index is 13.8. The molecule has 1 aromatic rings. The van der Waals surface area contributed by atoms with Crippen molar-refractivity contribution in [1.29, 1.82) is 0 Å². The zero-order valence-electron chi connectivity index (χ0n) is 14.1. The van der Waals surface area contributed by atoms with Gasteiger partial charge in [0.2, 0.25) is 0 Å². The van der Waals surface area contributed by atoms with Gasteiger partial charge in [-0.15, -0.1) is 0 Å². The van der Waals surface area contributed by atoms with Crippen molar-refractivity contribution in [3.63, 3.8) is 0 Å². The summed E-state index contributed by atoms with van der Waals surface area (Å²) in [6, 6.07) is 4.89. The lowest BCUT2D eigenvalue weighted by Crippen LogP contribution is -2.46. The molecule has 0 aliphatic heterocycles. The maximum Gasteiger partial charge on any atom is 0.191 e. The molecule has 134 valence electrons. The first kappa shape index (κ1) is 19.2. The highest BCUT2D eigenvalue weighted by Crippen LogP contribution is 2.23. The van der Waals surface area contributed by atoms with E-state index in [9.17, 15) is 8.60 Å². The second kappa shape index (κ2) is 9.37. The molecule has 0 aromatic heterocycles. The first-order chi connectivity index (χ1) is 11.5. The predicted molar refractivity (Wildman–Crippen MR) is 99.5 cm³/mol. The Morgan fingerprint density at radius 3 is 2.92 bits per heavy atom. The number of nitrogens with one attached hydrogen (secondary N) is 2. The zero-order valence-corrected chi connectivity index (χ0v) is 15.7. The molecule has 1 aliphatic rings. The molecule has 2 rings (SSSR count). The van der Waals surface area contributed by atoms with Crippen molar-refractivity contribution in [2.75, 3.05) is 12.8 Å². The summed E-state index contributed by atoms with van der Waals surface area (Å²) in [5.41, 5.74) is 0.427. The van der Waals surface area contributed by atoms with Gasteiger partial charge in [0.1, 0.15) is 5.82 Å². The number of aliphatic imine (C=N–C) groups is 1. The summed E-state index contributed by atoms with van der Waals surface area (Å²) < 4.78 is 25.9. The fourth-order valence-corrected chi connectivity index (χ4v) is 4.59. The molecule has 2 N–H and O–H groups in total. The van der Waals surface area contributed by atoms with Crippen molar-refractivity contribution in [3.8, 4) is 0 Å². The third-order valence-corrected chi connectivity index (χ3v) is 6.44. The number of benzene rings is 1. The fraction of sp³-hybridized carbons (Fsp3) is 0.588. The summed E-state index contributed by atoms with van der Waals surface area (Å²) in [4.78, 5) is 4.20. The average Bonchev–Trinajstić information content (AvgIpc) is 2.59. The van der Waals surface area contributed by atoms with Gasteiger partial charge in [-0.2, -0.15) is 0 Å². The topological polar surface area (TPSA) is 53.5 Å². The summed E-state index contributed by atoms with van der Waals surface area (Å²) in [5.74, 6) is 0.986. The number of rotatable bonds is 5. The Morgan fingerprint density at radius 1 is 1.46 bits per heavy atom. The van der Waals surface area contributed by atoms with Gasteiger partial charge in [0.25, 0.3) is 0 Å². The Hall–Kier alpha value is -1.14. The minimum Gasteiger partial charge on any atom is -0.354 e. The van der Waals surface area contributed by atoms with Crippen LogP contribution in [0.3, 0.4) is 0 Å². The van der Waals surface area contributed by atoms with Gasteiger partial charge in [-0.05, 0) is 31.4 Å². The molecule has 0 saturated heterocycles. The molecular formula is C17H25ClFN3OS. The quantitative estimate of drug-likeness (QED) is 0.615. The molecule has 4 nitrogen and oxygen atoms in total. The predicted octanol–water partition coefficient (Wildman–Crippen LogP) is 3.22. The standard InChI is InChI=1S/C17H25ClFN3OS/c1-3-24(23)13-7-4-6-12(10-13)22-17(20-2)21-11-14-15(18)8-5-9-16(14)19/h5,8-9,12-13H,3-4,6-7,10-11H2,1-2H3,(H2,20,21,22). The Bertz CT molecular complexity index is 591. The lowest BCUT2D eigenvalue weighted by Gasteiger charge is -2.30. The van der Waals surface area contributed by atoms with Gasteiger partial charge in [0, 0.05) is 52.0 Å². The molecule has 0 radical (unpaired) electrons. The Balaban J connectivity index is 1.92. The minimum atomic E-state index is -0.758. The van der Waals surface area contributed by atoms with E-state index in [0.717, 1.165) is 25.7 Å². The van der Waals surface area contributed by atoms with Gasteiger partial charge < -0.3 is 10.6 Å². The van der Waals surface area contributed by atoms with Gasteiger partial charge in [-0.25, -0.2) is 4.39 Å². The highest BCUT2D eigenvalue weighted by Gasteiger charge is 2.26. The third kappa shape index (κ3) is 5.18. The Labute approximate surface area is 150 Å². The number of hydrogen-bond acceptors (Lipinski definition) is 2. The van der Waals surface area contributed by atoms with E-state index < -0.39 is 10.8 Å². The Morgan fingerprint density at radius 2 is 2.25 bits per heavy atom. The first-order valence-corrected chi connectivity index (χ1v) is 10.1. The van der Waals surface area contributed by atoms with E-state index in [1.807, 2.05) is 6.92 Å². The van der Waals surface area contributed by atoms with Gasteiger partial charge in [0.05, 0.1) is 0 Å². The number of guanidine groups is 1. The van der Waals surface area contributed by atoms with Crippen molar-refractivity contribution < 1.29 is 8.60 Å². The lowest BCUT2D eigenvalue weighted by molar-refractivity contribution is 0.413. The highest BCUT2D eigenvalue weighted by atomic mass is 35.5. The molecule has 3 atom stereocenters. The average molecular weight is 374 g/mol. The van der Waals surface area contributed by atoms with E-state index in [1.54, 1.807) is 19.2 Å². The van der Waals surface area contributed by atoms with Crippen molar-refractivity contribution in [2.24, 2.45) is 4.99 Å². The van der Waals surface area contributed by atoms with Crippen LogP contribution in [0.4, 0.5) is 4.39 Å². The van der Waals surface area contributed by atoms with E-state index in [0.29, 0.717) is 22.3 Å². The van der Waals surface area contributed by atoms with Crippen molar-refractivity contribution in [2.45, 2.75) is 50.4 Å². The molecule has 1 saturated carbocycles. The van der Waals surface area contributed by atoms with Crippen LogP contribution >= 0.6 is 11.6 Å². The van der Waals surface area contributed by atoms with Crippen LogP contribution in [0.2, 0.25) is 5.02 Å². The molecule has 7 heteroatoms. The highest BCUT2D eigenvalue weighted by molar-refractivity contribution is 7.85. The van der Waals surface area contributed by atoms with Crippen LogP contribution in [0.15, 0.2) is 23.2 Å². The maximum atomic E-state index is 13.8. The summed E-state index contributed by atoms with van der Waals surface area (Å²) in [6.45, 7) is 2.23. The molecule has 3 unspecified atom stereocenters. The zero-order chi connectivity index (χ0) is 17.5. The van der Waals surface area contributed by atoms with Crippen molar-refractivity contribution >= 4 is 28.4 Å².